The van der Waals surface area contributed by atoms with E-state index in [0.29, 0.717) is 0 Å². The van der Waals surface area contributed by atoms with E-state index in [4.69, 9.17) is 10.6 Å². The van der Waals surface area contributed by atoms with Crippen LogP contribution in [-0.2, 0) is 17.7 Å². The molecule has 0 saturated carbocycles. The van der Waals surface area contributed by atoms with Gasteiger partial charge in [-0.25, -0.2) is 0 Å². The predicted octanol–water partition coefficient (Wildman–Crippen LogP) is 1.24. The van der Waals surface area contributed by atoms with E-state index in [0.717, 1.165) is 32.4 Å². The normalized spacial score (nSPS) is 26.2. The van der Waals surface area contributed by atoms with E-state index < -0.39 is 0 Å². The standard InChI is InChI=1S/C13H24N4O/c1-3-17-10-11(9-15-17)8-12(16-14)13(2)6-4-5-7-18-13/h9-10,12,16H,3-8,14H2,1-2H3. The van der Waals surface area contributed by atoms with Crippen LogP contribution in [0.5, 0.6) is 0 Å². The fourth-order valence-corrected chi connectivity index (χ4v) is 2.60. The topological polar surface area (TPSA) is 65.1 Å². The summed E-state index contributed by atoms with van der Waals surface area (Å²) in [6.07, 6.45) is 8.27. The molecular weight excluding hydrogens is 228 g/mol. The van der Waals surface area contributed by atoms with Crippen LogP contribution in [0.2, 0.25) is 0 Å². The lowest BCUT2D eigenvalue weighted by molar-refractivity contribution is -0.0884. The maximum Gasteiger partial charge on any atom is 0.0823 e. The second kappa shape index (κ2) is 5.82. The highest BCUT2D eigenvalue weighted by Crippen LogP contribution is 2.29. The molecule has 0 radical (unpaired) electrons. The zero-order chi connectivity index (χ0) is 13.0. The van der Waals surface area contributed by atoms with Gasteiger partial charge in [0.05, 0.1) is 17.8 Å². The van der Waals surface area contributed by atoms with Gasteiger partial charge in [-0.15, -0.1) is 0 Å². The molecule has 0 spiro atoms. The third-order valence-electron chi connectivity index (χ3n) is 3.89. The Balaban J connectivity index is 2.03. The van der Waals surface area contributed by atoms with Gasteiger partial charge in [0.25, 0.3) is 0 Å². The minimum atomic E-state index is -0.165. The first-order chi connectivity index (χ1) is 8.68. The van der Waals surface area contributed by atoms with Gasteiger partial charge in [0, 0.05) is 19.3 Å². The smallest absolute Gasteiger partial charge is 0.0823 e. The Kier molecular flexibility index (Phi) is 4.37. The largest absolute Gasteiger partial charge is 0.374 e. The van der Waals surface area contributed by atoms with Crippen molar-refractivity contribution in [2.24, 2.45) is 5.84 Å². The minimum absolute atomic E-state index is 0.132. The van der Waals surface area contributed by atoms with Crippen molar-refractivity contribution in [2.45, 2.75) is 57.7 Å². The third kappa shape index (κ3) is 2.91. The average Bonchev–Trinajstić information content (AvgIpc) is 2.84. The van der Waals surface area contributed by atoms with Crippen molar-refractivity contribution < 1.29 is 4.74 Å². The van der Waals surface area contributed by atoms with Crippen molar-refractivity contribution >= 4 is 0 Å². The number of hydrogen-bond acceptors (Lipinski definition) is 4. The first-order valence-corrected chi connectivity index (χ1v) is 6.79. The van der Waals surface area contributed by atoms with Crippen LogP contribution in [0, 0.1) is 0 Å². The molecule has 3 N–H and O–H groups in total. The molecule has 2 unspecified atom stereocenters. The molecule has 0 aromatic carbocycles. The first-order valence-electron chi connectivity index (χ1n) is 6.79. The molecule has 0 aliphatic carbocycles. The van der Waals surface area contributed by atoms with Crippen molar-refractivity contribution in [3.63, 3.8) is 0 Å². The molecular formula is C13H24N4O. The predicted molar refractivity (Wildman–Crippen MR) is 70.9 cm³/mol. The number of hydrogen-bond donors (Lipinski definition) is 2. The molecule has 1 aliphatic heterocycles. The Morgan fingerprint density at radius 1 is 1.61 bits per heavy atom. The molecule has 1 aliphatic rings. The highest BCUT2D eigenvalue weighted by atomic mass is 16.5. The van der Waals surface area contributed by atoms with Gasteiger partial charge < -0.3 is 4.74 Å². The van der Waals surface area contributed by atoms with Crippen molar-refractivity contribution in [3.8, 4) is 0 Å². The molecule has 0 bridgehead atoms. The van der Waals surface area contributed by atoms with E-state index in [9.17, 15) is 0 Å². The van der Waals surface area contributed by atoms with Crippen molar-refractivity contribution in [2.75, 3.05) is 6.61 Å². The maximum absolute atomic E-state index is 5.95. The Bertz CT molecular complexity index is 371. The van der Waals surface area contributed by atoms with Crippen molar-refractivity contribution in [1.29, 1.82) is 0 Å². The van der Waals surface area contributed by atoms with Crippen LogP contribution in [0.3, 0.4) is 0 Å². The second-order valence-electron chi connectivity index (χ2n) is 5.25. The number of nitrogens with two attached hydrogens (primary N) is 1. The summed E-state index contributed by atoms with van der Waals surface area (Å²) in [5.41, 5.74) is 3.96. The maximum atomic E-state index is 5.95. The third-order valence-corrected chi connectivity index (χ3v) is 3.89. The summed E-state index contributed by atoms with van der Waals surface area (Å²) < 4.78 is 7.89. The Morgan fingerprint density at radius 3 is 3.00 bits per heavy atom. The molecule has 1 saturated heterocycles. The molecule has 2 heterocycles. The van der Waals surface area contributed by atoms with Crippen LogP contribution in [0.15, 0.2) is 12.4 Å². The van der Waals surface area contributed by atoms with Gasteiger partial charge in [0.15, 0.2) is 0 Å². The number of hydrazine groups is 1. The van der Waals surface area contributed by atoms with Crippen molar-refractivity contribution in [3.05, 3.63) is 18.0 Å². The number of nitrogens with zero attached hydrogens (tertiary/aromatic N) is 2. The summed E-state index contributed by atoms with van der Waals surface area (Å²) in [5.74, 6) is 5.72. The van der Waals surface area contributed by atoms with E-state index >= 15 is 0 Å². The minimum Gasteiger partial charge on any atom is -0.374 e. The lowest BCUT2D eigenvalue weighted by atomic mass is 9.85. The van der Waals surface area contributed by atoms with E-state index in [2.05, 4.69) is 30.6 Å². The molecule has 5 nitrogen and oxygen atoms in total. The highest BCUT2D eigenvalue weighted by Gasteiger charge is 2.36. The number of aromatic nitrogens is 2. The molecule has 1 aromatic heterocycles. The summed E-state index contributed by atoms with van der Waals surface area (Å²) in [5, 5.41) is 4.30. The highest BCUT2D eigenvalue weighted by molar-refractivity contribution is 5.09. The summed E-state index contributed by atoms with van der Waals surface area (Å²) in [4.78, 5) is 0. The van der Waals surface area contributed by atoms with Crippen LogP contribution in [0.1, 0.15) is 38.7 Å². The molecule has 18 heavy (non-hydrogen) atoms. The monoisotopic (exact) mass is 252 g/mol. The number of rotatable bonds is 5. The molecule has 2 rings (SSSR count). The van der Waals surface area contributed by atoms with E-state index in [-0.39, 0.29) is 11.6 Å². The van der Waals surface area contributed by atoms with Gasteiger partial charge >= 0.3 is 0 Å². The summed E-state index contributed by atoms with van der Waals surface area (Å²) in [6.45, 7) is 5.97. The SMILES string of the molecule is CCn1cc(CC(NN)C2(C)CCCCO2)cn1. The quantitative estimate of drug-likeness (QED) is 0.611. The van der Waals surface area contributed by atoms with E-state index in [1.807, 2.05) is 10.9 Å². The molecule has 102 valence electrons. The van der Waals surface area contributed by atoms with Crippen LogP contribution in [0.25, 0.3) is 0 Å². The van der Waals surface area contributed by atoms with Crippen LogP contribution >= 0.6 is 0 Å². The fourth-order valence-electron chi connectivity index (χ4n) is 2.60. The lowest BCUT2D eigenvalue weighted by Crippen LogP contribution is -2.55. The van der Waals surface area contributed by atoms with Gasteiger partial charge in [0.1, 0.15) is 0 Å². The first kappa shape index (κ1) is 13.5. The zero-order valence-electron chi connectivity index (χ0n) is 11.4. The molecule has 1 aromatic rings. The average molecular weight is 252 g/mol. The van der Waals surface area contributed by atoms with Gasteiger partial charge in [-0.2, -0.15) is 5.10 Å². The fraction of sp³-hybridized carbons (Fsp3) is 0.769. The number of aryl methyl sites for hydroxylation is 1. The summed E-state index contributed by atoms with van der Waals surface area (Å²) >= 11 is 0. The molecule has 0 amide bonds. The molecule has 5 heteroatoms. The van der Waals surface area contributed by atoms with Crippen LogP contribution < -0.4 is 11.3 Å². The molecule has 1 fully saturated rings. The summed E-state index contributed by atoms with van der Waals surface area (Å²) in [6, 6.07) is 0.132. The number of nitrogens with one attached hydrogen (secondary N) is 1. The van der Waals surface area contributed by atoms with Gasteiger partial charge in [-0.1, -0.05) is 0 Å². The number of ether oxygens (including phenoxy) is 1. The van der Waals surface area contributed by atoms with E-state index in [1.165, 1.54) is 12.0 Å². The summed E-state index contributed by atoms with van der Waals surface area (Å²) in [7, 11) is 0. The second-order valence-corrected chi connectivity index (χ2v) is 5.25. The van der Waals surface area contributed by atoms with E-state index in [1.54, 1.807) is 0 Å². The van der Waals surface area contributed by atoms with Crippen molar-refractivity contribution in [1.82, 2.24) is 15.2 Å². The van der Waals surface area contributed by atoms with Gasteiger partial charge in [-0.3, -0.25) is 16.0 Å². The zero-order valence-corrected chi connectivity index (χ0v) is 11.4. The Hall–Kier alpha value is -0.910. The Morgan fingerprint density at radius 2 is 2.44 bits per heavy atom. The van der Waals surface area contributed by atoms with Crippen LogP contribution in [-0.4, -0.2) is 28.0 Å². The lowest BCUT2D eigenvalue weighted by Gasteiger charge is -2.40. The molecule has 2 atom stereocenters. The van der Waals surface area contributed by atoms with Gasteiger partial charge in [0.2, 0.25) is 0 Å². The van der Waals surface area contributed by atoms with Gasteiger partial charge in [-0.05, 0) is 45.1 Å². The van der Waals surface area contributed by atoms with Crippen LogP contribution in [0.4, 0.5) is 0 Å². The Labute approximate surface area is 109 Å².